The molecular formula is C12H20O2. The minimum atomic E-state index is 0.0276. The molecule has 1 heterocycles. The van der Waals surface area contributed by atoms with Crippen LogP contribution in [0.25, 0.3) is 0 Å². The fourth-order valence-corrected chi connectivity index (χ4v) is 0.966. The zero-order valence-corrected chi connectivity index (χ0v) is 9.59. The smallest absolute Gasteiger partial charge is 0.207 e. The minimum Gasteiger partial charge on any atom is -0.380 e. The van der Waals surface area contributed by atoms with Gasteiger partial charge in [0, 0.05) is 18.4 Å². The molecule has 1 aliphatic rings. The summed E-state index contributed by atoms with van der Waals surface area (Å²) in [7, 11) is 0. The third-order valence-electron chi connectivity index (χ3n) is 1.85. The molecule has 0 aromatic heterocycles. The molecule has 80 valence electrons. The van der Waals surface area contributed by atoms with Crippen LogP contribution in [-0.2, 0) is 9.53 Å². The molecular weight excluding hydrogens is 176 g/mol. The van der Waals surface area contributed by atoms with Crippen LogP contribution in [0.15, 0.2) is 0 Å². The van der Waals surface area contributed by atoms with Crippen LogP contribution in [0.5, 0.6) is 0 Å². The molecule has 0 N–H and O–H groups in total. The summed E-state index contributed by atoms with van der Waals surface area (Å²) < 4.78 is 5.14. The van der Waals surface area contributed by atoms with Gasteiger partial charge in [0.15, 0.2) is 0 Å². The summed E-state index contributed by atoms with van der Waals surface area (Å²) in [6.07, 6.45) is 0.971. The van der Waals surface area contributed by atoms with Crippen LogP contribution in [0.1, 0.15) is 34.1 Å². The summed E-state index contributed by atoms with van der Waals surface area (Å²) in [4.78, 5) is 11.1. The quantitative estimate of drug-likeness (QED) is 0.475. The van der Waals surface area contributed by atoms with Gasteiger partial charge in [0.1, 0.15) is 0 Å². The molecule has 1 atom stereocenters. The Kier molecular flexibility index (Phi) is 7.14. The van der Waals surface area contributed by atoms with E-state index in [1.807, 2.05) is 27.7 Å². The van der Waals surface area contributed by atoms with Crippen molar-refractivity contribution in [2.24, 2.45) is 11.8 Å². The van der Waals surface area contributed by atoms with Crippen LogP contribution in [0.3, 0.4) is 0 Å². The molecule has 0 aliphatic carbocycles. The van der Waals surface area contributed by atoms with E-state index < -0.39 is 0 Å². The lowest BCUT2D eigenvalue weighted by atomic mass is 10.1. The second-order valence-electron chi connectivity index (χ2n) is 3.35. The highest BCUT2D eigenvalue weighted by Crippen LogP contribution is 2.10. The first-order valence-corrected chi connectivity index (χ1v) is 5.33. The third kappa shape index (κ3) is 5.04. The van der Waals surface area contributed by atoms with Crippen molar-refractivity contribution in [3.63, 3.8) is 0 Å². The Morgan fingerprint density at radius 3 is 2.50 bits per heavy atom. The van der Waals surface area contributed by atoms with E-state index in [0.29, 0.717) is 6.61 Å². The van der Waals surface area contributed by atoms with E-state index in [-0.39, 0.29) is 17.6 Å². The Labute approximate surface area is 87.0 Å². The van der Waals surface area contributed by atoms with E-state index in [1.54, 1.807) is 0 Å². The van der Waals surface area contributed by atoms with Crippen LogP contribution in [-0.4, -0.2) is 19.0 Å². The maximum Gasteiger partial charge on any atom is 0.207 e. The molecule has 0 bridgehead atoms. The first-order valence-electron chi connectivity index (χ1n) is 5.33. The number of ketones is 1. The largest absolute Gasteiger partial charge is 0.380 e. The third-order valence-corrected chi connectivity index (χ3v) is 1.85. The lowest BCUT2D eigenvalue weighted by Crippen LogP contribution is -2.04. The zero-order chi connectivity index (χ0) is 11.0. The summed E-state index contributed by atoms with van der Waals surface area (Å²) >= 11 is 0. The van der Waals surface area contributed by atoms with Gasteiger partial charge >= 0.3 is 0 Å². The minimum absolute atomic E-state index is 0.0276. The summed E-state index contributed by atoms with van der Waals surface area (Å²) in [6, 6.07) is 0. The standard InChI is InChI=1S/C10H14O2.C2H6/c1-8(2)10(11)4-3-9-5-6-12-7-9;1-2/h8-9H,5-7H2,1-2H3;1-2H3. The lowest BCUT2D eigenvalue weighted by molar-refractivity contribution is -0.116. The summed E-state index contributed by atoms with van der Waals surface area (Å²) in [5.41, 5.74) is 0. The fourth-order valence-electron chi connectivity index (χ4n) is 0.966. The van der Waals surface area contributed by atoms with Gasteiger partial charge in [0.05, 0.1) is 6.61 Å². The Morgan fingerprint density at radius 1 is 1.43 bits per heavy atom. The maximum atomic E-state index is 11.1. The van der Waals surface area contributed by atoms with Crippen molar-refractivity contribution in [2.45, 2.75) is 34.1 Å². The van der Waals surface area contributed by atoms with Gasteiger partial charge in [0.25, 0.3) is 0 Å². The number of carbonyl (C=O) groups is 1. The van der Waals surface area contributed by atoms with Gasteiger partial charge in [-0.15, -0.1) is 0 Å². The number of rotatable bonds is 1. The normalized spacial score (nSPS) is 19.4. The van der Waals surface area contributed by atoms with Gasteiger partial charge < -0.3 is 4.74 Å². The van der Waals surface area contributed by atoms with Crippen molar-refractivity contribution in [3.05, 3.63) is 0 Å². The first-order chi connectivity index (χ1) is 6.70. The molecule has 1 unspecified atom stereocenters. The van der Waals surface area contributed by atoms with E-state index >= 15 is 0 Å². The van der Waals surface area contributed by atoms with Gasteiger partial charge in [0.2, 0.25) is 5.78 Å². The molecule has 0 saturated carbocycles. The molecule has 2 nitrogen and oxygen atoms in total. The van der Waals surface area contributed by atoms with E-state index in [2.05, 4.69) is 11.8 Å². The number of hydrogen-bond acceptors (Lipinski definition) is 2. The van der Waals surface area contributed by atoms with Crippen LogP contribution < -0.4 is 0 Å². The van der Waals surface area contributed by atoms with Crippen molar-refractivity contribution in [1.29, 1.82) is 0 Å². The molecule has 2 heteroatoms. The molecule has 1 rings (SSSR count). The molecule has 0 aromatic rings. The van der Waals surface area contributed by atoms with Gasteiger partial charge in [-0.05, 0) is 12.3 Å². The van der Waals surface area contributed by atoms with Crippen LogP contribution >= 0.6 is 0 Å². The first kappa shape index (κ1) is 13.2. The number of hydrogen-bond donors (Lipinski definition) is 0. The van der Waals surface area contributed by atoms with E-state index in [9.17, 15) is 4.79 Å². The number of Topliss-reactive ketones (excluding diaryl/α,β-unsaturated/α-hetero) is 1. The molecule has 1 saturated heterocycles. The Hall–Kier alpha value is -0.810. The average Bonchev–Trinajstić information content (AvgIpc) is 2.69. The molecule has 0 aromatic carbocycles. The highest BCUT2D eigenvalue weighted by atomic mass is 16.5. The average molecular weight is 196 g/mol. The highest BCUT2D eigenvalue weighted by Gasteiger charge is 2.12. The van der Waals surface area contributed by atoms with Gasteiger partial charge in [-0.2, -0.15) is 0 Å². The zero-order valence-electron chi connectivity index (χ0n) is 9.59. The Morgan fingerprint density at radius 2 is 2.07 bits per heavy atom. The molecule has 14 heavy (non-hydrogen) atoms. The SMILES string of the molecule is CC.CC(C)C(=O)C#CC1CCOC1. The number of carbonyl (C=O) groups excluding carboxylic acids is 1. The molecule has 0 amide bonds. The van der Waals surface area contributed by atoms with Crippen molar-refractivity contribution in [1.82, 2.24) is 0 Å². The molecule has 0 spiro atoms. The second-order valence-corrected chi connectivity index (χ2v) is 3.35. The predicted octanol–water partition coefficient (Wildman–Crippen LogP) is 2.28. The highest BCUT2D eigenvalue weighted by molar-refractivity contribution is 5.96. The second kappa shape index (κ2) is 7.58. The fraction of sp³-hybridized carbons (Fsp3) is 0.750. The van der Waals surface area contributed by atoms with Crippen molar-refractivity contribution < 1.29 is 9.53 Å². The van der Waals surface area contributed by atoms with Crippen molar-refractivity contribution in [2.75, 3.05) is 13.2 Å². The molecule has 1 aliphatic heterocycles. The van der Waals surface area contributed by atoms with Gasteiger partial charge in [-0.25, -0.2) is 0 Å². The van der Waals surface area contributed by atoms with E-state index in [0.717, 1.165) is 13.0 Å². The summed E-state index contributed by atoms with van der Waals surface area (Å²) in [6.45, 7) is 9.21. The predicted molar refractivity (Wildman–Crippen MR) is 57.9 cm³/mol. The van der Waals surface area contributed by atoms with Crippen LogP contribution in [0.2, 0.25) is 0 Å². The number of ether oxygens (including phenoxy) is 1. The lowest BCUT2D eigenvalue weighted by Gasteiger charge is -1.95. The van der Waals surface area contributed by atoms with Crippen LogP contribution in [0, 0.1) is 23.7 Å². The molecule has 0 radical (unpaired) electrons. The van der Waals surface area contributed by atoms with Crippen molar-refractivity contribution >= 4 is 5.78 Å². The van der Waals surface area contributed by atoms with E-state index in [1.165, 1.54) is 0 Å². The summed E-state index contributed by atoms with van der Waals surface area (Å²) in [5, 5.41) is 0. The van der Waals surface area contributed by atoms with Gasteiger partial charge in [-0.3, -0.25) is 4.79 Å². The van der Waals surface area contributed by atoms with Crippen LogP contribution in [0.4, 0.5) is 0 Å². The molecule has 1 fully saturated rings. The topological polar surface area (TPSA) is 26.3 Å². The monoisotopic (exact) mass is 196 g/mol. The Bertz CT molecular complexity index is 214. The summed E-state index contributed by atoms with van der Waals surface area (Å²) in [5.74, 6) is 5.94. The maximum absolute atomic E-state index is 11.1. The van der Waals surface area contributed by atoms with Gasteiger partial charge in [-0.1, -0.05) is 33.6 Å². The van der Waals surface area contributed by atoms with Crippen molar-refractivity contribution in [3.8, 4) is 11.8 Å². The van der Waals surface area contributed by atoms with E-state index in [4.69, 9.17) is 4.74 Å². The Balaban J connectivity index is 0.000000791.